The van der Waals surface area contributed by atoms with E-state index in [1.165, 1.54) is 4.90 Å². The molecule has 0 unspecified atom stereocenters. The van der Waals surface area contributed by atoms with Crippen molar-refractivity contribution in [3.8, 4) is 5.75 Å². The van der Waals surface area contributed by atoms with E-state index in [0.717, 1.165) is 27.9 Å². The second-order valence-corrected chi connectivity index (χ2v) is 11.8. The van der Waals surface area contributed by atoms with Crippen LogP contribution in [-0.2, 0) is 17.8 Å². The van der Waals surface area contributed by atoms with Crippen LogP contribution in [0.15, 0.2) is 47.4 Å². The van der Waals surface area contributed by atoms with E-state index >= 15 is 0 Å². The summed E-state index contributed by atoms with van der Waals surface area (Å²) >= 11 is 7.91. The fourth-order valence-electron chi connectivity index (χ4n) is 3.54. The highest BCUT2D eigenvalue weighted by molar-refractivity contribution is 8.00. The summed E-state index contributed by atoms with van der Waals surface area (Å²) in [6.45, 7) is 11.1. The molecule has 0 aliphatic carbocycles. The predicted molar refractivity (Wildman–Crippen MR) is 131 cm³/mol. The van der Waals surface area contributed by atoms with E-state index in [4.69, 9.17) is 22.1 Å². The first-order valence-electron chi connectivity index (χ1n) is 10.3. The number of hydrogen-bond acceptors (Lipinski definition) is 3. The maximum absolute atomic E-state index is 12.2. The maximum atomic E-state index is 12.2. The zero-order valence-electron chi connectivity index (χ0n) is 19.1. The van der Waals surface area contributed by atoms with Gasteiger partial charge in [-0.1, -0.05) is 58.4 Å². The van der Waals surface area contributed by atoms with Gasteiger partial charge in [0.05, 0.1) is 7.11 Å². The summed E-state index contributed by atoms with van der Waals surface area (Å²) in [5.74, 6) is 0.507. The number of benzene rings is 2. The zero-order valence-corrected chi connectivity index (χ0v) is 20.7. The van der Waals surface area contributed by atoms with Gasteiger partial charge >= 0.3 is 0 Å². The molecule has 2 aromatic carbocycles. The highest BCUT2D eigenvalue weighted by Gasteiger charge is 2.31. The molecular weight excluding hydrogens is 428 g/mol. The summed E-state index contributed by atoms with van der Waals surface area (Å²) in [7, 11) is 1.68. The number of aromatic nitrogens is 1. The SMILES string of the molecule is COc1ccc2c(c1)c(SC(C)(C)C)c(CC(C)(C)C(N)=O)n2Cc1ccc(Cl)cc1. The normalized spacial score (nSPS) is 12.4. The van der Waals surface area contributed by atoms with Crippen LogP contribution in [0.3, 0.4) is 0 Å². The molecule has 3 aromatic rings. The van der Waals surface area contributed by atoms with Crippen molar-refractivity contribution in [3.63, 3.8) is 0 Å². The molecule has 0 radical (unpaired) electrons. The van der Waals surface area contributed by atoms with Crippen molar-refractivity contribution in [1.29, 1.82) is 0 Å². The molecule has 0 saturated heterocycles. The standard InChI is InChI=1S/C25H31ClN2O2S/c1-24(2,3)31-22-19-13-18(30-6)11-12-20(19)28(15-16-7-9-17(26)10-8-16)21(22)14-25(4,5)23(27)29/h7-13H,14-15H2,1-6H3,(H2,27,29). The summed E-state index contributed by atoms with van der Waals surface area (Å²) in [4.78, 5) is 13.4. The Morgan fingerprint density at radius 3 is 2.29 bits per heavy atom. The third kappa shape index (κ3) is 5.39. The number of fused-ring (bicyclic) bond motifs is 1. The second kappa shape index (κ2) is 8.79. The number of methoxy groups -OCH3 is 1. The number of amides is 1. The molecule has 0 aliphatic heterocycles. The Labute approximate surface area is 194 Å². The lowest BCUT2D eigenvalue weighted by atomic mass is 9.87. The molecule has 31 heavy (non-hydrogen) atoms. The van der Waals surface area contributed by atoms with Crippen molar-refractivity contribution in [3.05, 3.63) is 58.7 Å². The highest BCUT2D eigenvalue weighted by atomic mass is 35.5. The van der Waals surface area contributed by atoms with Gasteiger partial charge in [0.15, 0.2) is 0 Å². The van der Waals surface area contributed by atoms with Crippen LogP contribution in [0.2, 0.25) is 5.02 Å². The number of nitrogens with zero attached hydrogens (tertiary/aromatic N) is 1. The number of nitrogens with two attached hydrogens (primary N) is 1. The van der Waals surface area contributed by atoms with E-state index in [-0.39, 0.29) is 10.7 Å². The van der Waals surface area contributed by atoms with Crippen LogP contribution in [0, 0.1) is 5.41 Å². The topological polar surface area (TPSA) is 57.2 Å². The average molecular weight is 459 g/mol. The molecule has 0 saturated carbocycles. The minimum atomic E-state index is -0.677. The van der Waals surface area contributed by atoms with Crippen LogP contribution >= 0.6 is 23.4 Å². The molecule has 0 bridgehead atoms. The number of rotatable bonds is 7. The zero-order chi connectivity index (χ0) is 23.0. The van der Waals surface area contributed by atoms with Gasteiger partial charge in [-0.25, -0.2) is 0 Å². The molecule has 6 heteroatoms. The largest absolute Gasteiger partial charge is 0.497 e. The van der Waals surface area contributed by atoms with Gasteiger partial charge in [-0.2, -0.15) is 0 Å². The van der Waals surface area contributed by atoms with Crippen LogP contribution < -0.4 is 10.5 Å². The third-order valence-electron chi connectivity index (χ3n) is 5.27. The minimum Gasteiger partial charge on any atom is -0.497 e. The Morgan fingerprint density at radius 2 is 1.74 bits per heavy atom. The lowest BCUT2D eigenvalue weighted by Gasteiger charge is -2.25. The monoisotopic (exact) mass is 458 g/mol. The lowest BCUT2D eigenvalue weighted by Crippen LogP contribution is -2.34. The Hall–Kier alpha value is -2.11. The van der Waals surface area contributed by atoms with E-state index in [2.05, 4.69) is 37.5 Å². The van der Waals surface area contributed by atoms with Crippen LogP contribution in [0.4, 0.5) is 0 Å². The van der Waals surface area contributed by atoms with Gasteiger partial charge in [0, 0.05) is 49.6 Å². The predicted octanol–water partition coefficient (Wildman–Crippen LogP) is 6.30. The lowest BCUT2D eigenvalue weighted by molar-refractivity contribution is -0.126. The summed E-state index contributed by atoms with van der Waals surface area (Å²) in [6, 6.07) is 14.1. The molecule has 166 valence electrons. The summed E-state index contributed by atoms with van der Waals surface area (Å²) < 4.78 is 7.82. The number of carbonyl (C=O) groups excluding carboxylic acids is 1. The van der Waals surface area contributed by atoms with Crippen molar-refractivity contribution in [1.82, 2.24) is 4.57 Å². The number of carbonyl (C=O) groups is 1. The molecule has 0 atom stereocenters. The van der Waals surface area contributed by atoms with Crippen molar-refractivity contribution >= 4 is 40.2 Å². The Bertz CT molecular complexity index is 1100. The molecular formula is C25H31ClN2O2S. The minimum absolute atomic E-state index is 0.00587. The summed E-state index contributed by atoms with van der Waals surface area (Å²) in [6.07, 6.45) is 0.547. The van der Waals surface area contributed by atoms with Crippen LogP contribution in [-0.4, -0.2) is 22.3 Å². The van der Waals surface area contributed by atoms with Gasteiger partial charge in [0.2, 0.25) is 5.91 Å². The molecule has 2 N–H and O–H groups in total. The first-order chi connectivity index (χ1) is 14.4. The Kier molecular flexibility index (Phi) is 6.68. The number of hydrogen-bond donors (Lipinski definition) is 1. The molecule has 3 rings (SSSR count). The third-order valence-corrected chi connectivity index (χ3v) is 6.79. The van der Waals surface area contributed by atoms with Crippen molar-refractivity contribution in [2.75, 3.05) is 7.11 Å². The first-order valence-corrected chi connectivity index (χ1v) is 11.5. The summed E-state index contributed by atoms with van der Waals surface area (Å²) in [5, 5.41) is 1.84. The number of thioether (sulfide) groups is 1. The molecule has 0 spiro atoms. The highest BCUT2D eigenvalue weighted by Crippen LogP contribution is 2.44. The Balaban J connectivity index is 2.28. The molecule has 4 nitrogen and oxygen atoms in total. The molecule has 1 heterocycles. The molecule has 0 aliphatic rings. The number of halogens is 1. The van der Waals surface area contributed by atoms with Crippen molar-refractivity contribution < 1.29 is 9.53 Å². The van der Waals surface area contributed by atoms with Crippen molar-refractivity contribution in [2.45, 2.75) is 57.2 Å². The maximum Gasteiger partial charge on any atom is 0.223 e. The first kappa shape index (κ1) is 23.6. The van der Waals surface area contributed by atoms with E-state index in [1.54, 1.807) is 7.11 Å². The van der Waals surface area contributed by atoms with Crippen LogP contribution in [0.1, 0.15) is 45.9 Å². The van der Waals surface area contributed by atoms with Gasteiger partial charge in [-0.05, 0) is 35.9 Å². The fourth-order valence-corrected chi connectivity index (χ4v) is 4.85. The van der Waals surface area contributed by atoms with Gasteiger partial charge < -0.3 is 15.0 Å². The van der Waals surface area contributed by atoms with E-state index in [1.807, 2.05) is 55.9 Å². The molecule has 1 amide bonds. The second-order valence-electron chi connectivity index (χ2n) is 9.51. The van der Waals surface area contributed by atoms with Crippen LogP contribution in [0.5, 0.6) is 5.75 Å². The molecule has 1 aromatic heterocycles. The number of ether oxygens (including phenoxy) is 1. The Morgan fingerprint density at radius 1 is 1.10 bits per heavy atom. The quantitative estimate of drug-likeness (QED) is 0.423. The van der Waals surface area contributed by atoms with E-state index < -0.39 is 5.41 Å². The van der Waals surface area contributed by atoms with Crippen LogP contribution in [0.25, 0.3) is 10.9 Å². The van der Waals surface area contributed by atoms with Gasteiger partial charge in [-0.3, -0.25) is 4.79 Å². The number of primary amides is 1. The summed E-state index contributed by atoms with van der Waals surface area (Å²) in [5.41, 5.74) is 8.45. The molecule has 0 fully saturated rings. The fraction of sp³-hybridized carbons (Fsp3) is 0.400. The van der Waals surface area contributed by atoms with E-state index in [0.29, 0.717) is 18.0 Å². The van der Waals surface area contributed by atoms with Crippen molar-refractivity contribution in [2.24, 2.45) is 11.1 Å². The smallest absolute Gasteiger partial charge is 0.223 e. The van der Waals surface area contributed by atoms with Gasteiger partial charge in [-0.15, -0.1) is 11.8 Å². The van der Waals surface area contributed by atoms with Gasteiger partial charge in [0.25, 0.3) is 0 Å². The van der Waals surface area contributed by atoms with Gasteiger partial charge in [0.1, 0.15) is 5.75 Å². The van der Waals surface area contributed by atoms with E-state index in [9.17, 15) is 4.79 Å². The average Bonchev–Trinajstić information content (AvgIpc) is 2.94.